The Bertz CT molecular complexity index is 275. The van der Waals surface area contributed by atoms with Crippen LogP contribution >= 0.6 is 11.6 Å². The normalized spacial score (nSPS) is 10.3. The van der Waals surface area contributed by atoms with E-state index in [-0.39, 0.29) is 5.56 Å². The predicted molar refractivity (Wildman–Crippen MR) is 38.4 cm³/mol. The molecule has 0 radical (unpaired) electrons. The molecular weight excluding hydrogens is 152 g/mol. The summed E-state index contributed by atoms with van der Waals surface area (Å²) in [6.07, 6.45) is 0. The van der Waals surface area contributed by atoms with Crippen LogP contribution in [0.2, 0.25) is 5.02 Å². The maximum atomic E-state index is 10.7. The molecule has 3 heteroatoms. The number of carboxylic acid groups (broad SMARTS) is 1. The Balaban J connectivity index is 3.03. The van der Waals surface area contributed by atoms with Crippen molar-refractivity contribution in [2.75, 3.05) is 0 Å². The monoisotopic (exact) mass is 157 g/mol. The average Bonchev–Trinajstić information content (AvgIpc) is 2.04. The van der Waals surface area contributed by atoms with E-state index in [9.17, 15) is 4.79 Å². The Morgan fingerprint density at radius 3 is 2.90 bits per heavy atom. The van der Waals surface area contributed by atoms with Gasteiger partial charge in [-0.25, -0.2) is 4.79 Å². The van der Waals surface area contributed by atoms with Crippen molar-refractivity contribution in [1.82, 2.24) is 0 Å². The Morgan fingerprint density at radius 2 is 2.30 bits per heavy atom. The van der Waals surface area contributed by atoms with Gasteiger partial charge in [-0.2, -0.15) is 0 Å². The second-order valence-electron chi connectivity index (χ2n) is 1.77. The van der Waals surface area contributed by atoms with Gasteiger partial charge in [0.05, 0.1) is 10.6 Å². The molecule has 0 saturated heterocycles. The molecule has 0 atom stereocenters. The van der Waals surface area contributed by atoms with E-state index in [0.29, 0.717) is 5.02 Å². The molecule has 0 unspecified atom stereocenters. The maximum Gasteiger partial charge on any atom is 0.337 e. The molecule has 1 N–H and O–H groups in total. The van der Waals surface area contributed by atoms with Crippen LogP contribution in [0, 0.1) is 0 Å². The van der Waals surface area contributed by atoms with Crippen LogP contribution in [0.4, 0.5) is 0 Å². The minimum Gasteiger partial charge on any atom is -0.478 e. The topological polar surface area (TPSA) is 37.3 Å². The van der Waals surface area contributed by atoms with Crippen molar-refractivity contribution in [3.63, 3.8) is 0 Å². The van der Waals surface area contributed by atoms with E-state index < -0.39 is 5.97 Å². The number of carbonyl (C=O) groups is 1. The largest absolute Gasteiger partial charge is 0.478 e. The molecule has 0 spiro atoms. The van der Waals surface area contributed by atoms with Crippen molar-refractivity contribution < 1.29 is 9.90 Å². The number of benzene rings is 1. The first-order valence-electron chi connectivity index (χ1n) is 3.08. The molecule has 0 saturated carbocycles. The molecule has 0 aliphatic heterocycles. The standard InChI is InChI=1S/C7H5ClO2/c8-6-4-2-1-3-5(6)7(9)10/h1-4H,(H,9,10)/i/hD. The summed E-state index contributed by atoms with van der Waals surface area (Å²) in [6.45, 7) is 0. The number of aromatic carboxylic acids is 1. The highest BCUT2D eigenvalue weighted by atomic mass is 35.5. The Labute approximate surface area is 64.5 Å². The van der Waals surface area contributed by atoms with Crippen molar-refractivity contribution in [1.29, 1.82) is 1.43 Å². The van der Waals surface area contributed by atoms with Gasteiger partial charge in [-0.3, -0.25) is 0 Å². The molecule has 52 valence electrons. The number of halogens is 1. The highest BCUT2D eigenvalue weighted by molar-refractivity contribution is 6.33. The molecular formula is C7H5ClO2. The molecule has 0 amide bonds. The average molecular weight is 158 g/mol. The fourth-order valence-electron chi connectivity index (χ4n) is 0.627. The van der Waals surface area contributed by atoms with Crippen LogP contribution in [0.15, 0.2) is 24.3 Å². The summed E-state index contributed by atoms with van der Waals surface area (Å²) < 4.78 is 6.33. The smallest absolute Gasteiger partial charge is 0.337 e. The molecule has 0 aliphatic rings. The van der Waals surface area contributed by atoms with Crippen molar-refractivity contribution >= 4 is 17.6 Å². The summed E-state index contributed by atoms with van der Waals surface area (Å²) in [5, 5.41) is 4.04. The van der Waals surface area contributed by atoms with Crippen molar-refractivity contribution in [2.45, 2.75) is 0 Å². The van der Waals surface area contributed by atoms with Crippen molar-refractivity contribution in [2.24, 2.45) is 0 Å². The van der Waals surface area contributed by atoms with Gasteiger partial charge in [0.25, 0.3) is 1.43 Å². The first-order valence-corrected chi connectivity index (χ1v) is 3.05. The van der Waals surface area contributed by atoms with Crippen LogP contribution in [-0.2, 0) is 0 Å². The van der Waals surface area contributed by atoms with Crippen LogP contribution in [0.1, 0.15) is 10.4 Å². The van der Waals surface area contributed by atoms with Gasteiger partial charge in [0.1, 0.15) is 0 Å². The lowest BCUT2D eigenvalue weighted by Crippen LogP contribution is -1.95. The molecule has 2 nitrogen and oxygen atoms in total. The number of carboxylic acids is 1. The third kappa shape index (κ3) is 1.28. The highest BCUT2D eigenvalue weighted by Crippen LogP contribution is 2.13. The van der Waals surface area contributed by atoms with E-state index in [1.54, 1.807) is 18.2 Å². The number of hydrogen-bond acceptors (Lipinski definition) is 2. The SMILES string of the molecule is [2H]OC(=O)c1ccccc1Cl. The van der Waals surface area contributed by atoms with E-state index in [1.165, 1.54) is 6.07 Å². The van der Waals surface area contributed by atoms with Gasteiger partial charge in [-0.05, 0) is 12.1 Å². The summed E-state index contributed by atoms with van der Waals surface area (Å²) in [6, 6.07) is 6.41. The lowest BCUT2D eigenvalue weighted by molar-refractivity contribution is 0.0697. The fourth-order valence-corrected chi connectivity index (χ4v) is 0.840. The van der Waals surface area contributed by atoms with Crippen LogP contribution in [-0.4, -0.2) is 11.1 Å². The zero-order valence-corrected chi connectivity index (χ0v) is 5.76. The maximum absolute atomic E-state index is 10.7. The zero-order chi connectivity index (χ0) is 8.27. The molecule has 1 aromatic carbocycles. The van der Waals surface area contributed by atoms with E-state index in [0.717, 1.165) is 0 Å². The molecule has 0 bridgehead atoms. The van der Waals surface area contributed by atoms with Crippen LogP contribution in [0.25, 0.3) is 1.43 Å². The minimum absolute atomic E-state index is 0.212. The van der Waals surface area contributed by atoms with E-state index >= 15 is 0 Å². The van der Waals surface area contributed by atoms with Gasteiger partial charge in [0, 0.05) is 0 Å². The molecule has 0 aromatic heterocycles. The molecule has 10 heavy (non-hydrogen) atoms. The number of rotatable bonds is 1. The van der Waals surface area contributed by atoms with Crippen LogP contribution in [0.5, 0.6) is 0 Å². The number of hydrogen-bond donors (Lipinski definition) is 1. The molecule has 0 fully saturated rings. The molecule has 1 aromatic rings. The lowest BCUT2D eigenvalue weighted by Gasteiger charge is -1.94. The summed E-state index contributed by atoms with van der Waals surface area (Å²) in [7, 11) is 0. The van der Waals surface area contributed by atoms with Gasteiger partial charge in [0.15, 0.2) is 0 Å². The summed E-state index contributed by atoms with van der Waals surface area (Å²) in [4.78, 5) is 10.7. The van der Waals surface area contributed by atoms with E-state index in [4.69, 9.17) is 13.0 Å². The van der Waals surface area contributed by atoms with Crippen LogP contribution < -0.4 is 0 Å². The van der Waals surface area contributed by atoms with Gasteiger partial charge in [-0.1, -0.05) is 23.7 Å². The van der Waals surface area contributed by atoms with E-state index in [2.05, 4.69) is 5.11 Å². The first-order chi connectivity index (χ1) is 5.25. The predicted octanol–water partition coefficient (Wildman–Crippen LogP) is 2.04. The molecule has 0 heterocycles. The highest BCUT2D eigenvalue weighted by Gasteiger charge is 2.04. The third-order valence-corrected chi connectivity index (χ3v) is 1.42. The summed E-state index contributed by atoms with van der Waals surface area (Å²) in [5.41, 5.74) is 0.212. The Kier molecular flexibility index (Phi) is 1.56. The Hall–Kier alpha value is -1.02. The minimum atomic E-state index is -0.740. The summed E-state index contributed by atoms with van der Waals surface area (Å²) in [5.74, 6) is -0.740. The third-order valence-electron chi connectivity index (χ3n) is 1.09. The van der Waals surface area contributed by atoms with Crippen LogP contribution in [0.3, 0.4) is 0 Å². The lowest BCUT2D eigenvalue weighted by atomic mass is 10.2. The summed E-state index contributed by atoms with van der Waals surface area (Å²) >= 11 is 5.61. The van der Waals surface area contributed by atoms with E-state index in [1.807, 2.05) is 0 Å². The molecule has 1 rings (SSSR count). The van der Waals surface area contributed by atoms with Crippen molar-refractivity contribution in [3.05, 3.63) is 34.9 Å². The Morgan fingerprint density at radius 1 is 1.60 bits per heavy atom. The molecule has 0 aliphatic carbocycles. The fraction of sp³-hybridized carbons (Fsp3) is 0. The quantitative estimate of drug-likeness (QED) is 0.678. The first kappa shape index (κ1) is 5.74. The zero-order valence-electron chi connectivity index (χ0n) is 6.00. The van der Waals surface area contributed by atoms with Gasteiger partial charge in [-0.15, -0.1) is 0 Å². The van der Waals surface area contributed by atoms with Gasteiger partial charge >= 0.3 is 5.97 Å². The second-order valence-corrected chi connectivity index (χ2v) is 2.17. The van der Waals surface area contributed by atoms with Gasteiger partial charge < -0.3 is 5.11 Å². The van der Waals surface area contributed by atoms with Crippen molar-refractivity contribution in [3.8, 4) is 0 Å². The second kappa shape index (κ2) is 2.71. The van der Waals surface area contributed by atoms with Gasteiger partial charge in [0.2, 0.25) is 0 Å².